The summed E-state index contributed by atoms with van der Waals surface area (Å²) < 4.78 is 67.3. The fourth-order valence-electron chi connectivity index (χ4n) is 5.97. The van der Waals surface area contributed by atoms with Crippen LogP contribution in [0.1, 0.15) is 39.9 Å². The molecule has 0 saturated carbocycles. The van der Waals surface area contributed by atoms with Crippen LogP contribution in [0.3, 0.4) is 0 Å². The molecule has 4 aromatic rings. The first-order chi connectivity index (χ1) is 23.3. The molecule has 1 aliphatic rings. The van der Waals surface area contributed by atoms with E-state index < -0.39 is 51.9 Å². The highest BCUT2D eigenvalue weighted by Gasteiger charge is 2.47. The standard InChI is InChI=1S/C36H32F4N4O4S/c1-42-33(45)26-7-3-6-25(19-26)24-5-2-4-23(18-24)21-35(47,34(46)43-30-11-8-27(22-41)32(20-30)36(38,39)40)28-14-16-44(17-15-28)49(48)31-12-9-29(37)10-13-31/h2-13,18-20,28,47-48H,14-17,21H2,1H3,(H-,42,43,45,46)/p+1. The van der Waals surface area contributed by atoms with Gasteiger partial charge in [0, 0.05) is 49.9 Å². The van der Waals surface area contributed by atoms with Gasteiger partial charge in [-0.15, -0.1) is 0 Å². The van der Waals surface area contributed by atoms with Crippen molar-refractivity contribution >= 4 is 28.9 Å². The lowest BCUT2D eigenvalue weighted by atomic mass is 9.76. The molecule has 0 spiro atoms. The zero-order valence-corrected chi connectivity index (χ0v) is 27.1. The highest BCUT2D eigenvalue weighted by Crippen LogP contribution is 2.37. The normalized spacial score (nSPS) is 15.9. The minimum Gasteiger partial charge on any atom is -0.379 e. The summed E-state index contributed by atoms with van der Waals surface area (Å²) in [5, 5.41) is 26.5. The largest absolute Gasteiger partial charge is 0.417 e. The molecule has 254 valence electrons. The second-order valence-electron chi connectivity index (χ2n) is 11.7. The van der Waals surface area contributed by atoms with Crippen LogP contribution in [-0.4, -0.2) is 51.5 Å². The number of nitriles is 1. The Morgan fingerprint density at radius 3 is 2.24 bits per heavy atom. The molecule has 2 atom stereocenters. The molecule has 5 rings (SSSR count). The number of amides is 2. The number of nitrogens with one attached hydrogen (secondary N) is 2. The van der Waals surface area contributed by atoms with Gasteiger partial charge in [-0.1, -0.05) is 40.7 Å². The molecule has 4 aromatic carbocycles. The van der Waals surface area contributed by atoms with E-state index in [-0.39, 0.29) is 43.9 Å². The molecule has 4 N–H and O–H groups in total. The molecule has 13 heteroatoms. The fourth-order valence-corrected chi connectivity index (χ4v) is 7.21. The summed E-state index contributed by atoms with van der Waals surface area (Å²) in [6.07, 6.45) is -4.54. The van der Waals surface area contributed by atoms with E-state index in [1.807, 2.05) is 12.1 Å². The number of carbonyl (C=O) groups excluding carboxylic acids is 2. The van der Waals surface area contributed by atoms with Crippen LogP contribution < -0.4 is 10.6 Å². The molecule has 0 radical (unpaired) electrons. The van der Waals surface area contributed by atoms with Crippen molar-refractivity contribution in [1.82, 2.24) is 9.62 Å². The molecular formula is C36H33F4N4O4S+. The number of carbonyl (C=O) groups is 2. The first-order valence-corrected chi connectivity index (χ1v) is 16.5. The van der Waals surface area contributed by atoms with E-state index in [1.165, 1.54) is 43.4 Å². The SMILES string of the molecule is CNC(=O)c1cccc(-c2cccc(CC(O)(C(=O)Nc3ccc(C#N)c(C(F)(F)F)c3)C3CCN([S+](O)c4ccc(F)cc4)CC3)c2)c1. The lowest BCUT2D eigenvalue weighted by Crippen LogP contribution is -2.54. The number of alkyl halides is 3. The molecule has 49 heavy (non-hydrogen) atoms. The van der Waals surface area contributed by atoms with Crippen molar-refractivity contribution in [2.24, 2.45) is 5.92 Å². The average molecular weight is 694 g/mol. The molecule has 1 saturated heterocycles. The Hall–Kier alpha value is -4.74. The van der Waals surface area contributed by atoms with Crippen LogP contribution in [0.25, 0.3) is 11.1 Å². The number of aliphatic hydroxyl groups is 1. The third-order valence-corrected chi connectivity index (χ3v) is 10.1. The van der Waals surface area contributed by atoms with Crippen molar-refractivity contribution in [2.75, 3.05) is 25.5 Å². The summed E-state index contributed by atoms with van der Waals surface area (Å²) in [7, 11) is 1.53. The van der Waals surface area contributed by atoms with Crippen LogP contribution in [0.2, 0.25) is 0 Å². The third kappa shape index (κ3) is 8.12. The third-order valence-electron chi connectivity index (χ3n) is 8.58. The summed E-state index contributed by atoms with van der Waals surface area (Å²) in [6.45, 7) is 0.553. The number of anilines is 1. The Labute approximate surface area is 283 Å². The summed E-state index contributed by atoms with van der Waals surface area (Å²) in [4.78, 5) is 26.7. The second kappa shape index (κ2) is 14.8. The molecule has 2 unspecified atom stereocenters. The van der Waals surface area contributed by atoms with E-state index in [0.29, 0.717) is 27.7 Å². The van der Waals surface area contributed by atoms with Gasteiger partial charge in [-0.3, -0.25) is 9.59 Å². The Balaban J connectivity index is 1.44. The minimum absolute atomic E-state index is 0.197. The van der Waals surface area contributed by atoms with E-state index in [9.17, 15) is 42.1 Å². The second-order valence-corrected chi connectivity index (χ2v) is 13.2. The number of hydrogen-bond donors (Lipinski definition) is 4. The Morgan fingerprint density at radius 1 is 0.959 bits per heavy atom. The molecule has 1 fully saturated rings. The van der Waals surface area contributed by atoms with Gasteiger partial charge in [0.1, 0.15) is 11.4 Å². The zero-order valence-electron chi connectivity index (χ0n) is 26.3. The Morgan fingerprint density at radius 2 is 1.61 bits per heavy atom. The number of halogens is 4. The van der Waals surface area contributed by atoms with Gasteiger partial charge in [0.25, 0.3) is 23.2 Å². The molecule has 8 nitrogen and oxygen atoms in total. The molecule has 1 heterocycles. The van der Waals surface area contributed by atoms with Gasteiger partial charge < -0.3 is 15.7 Å². The highest BCUT2D eigenvalue weighted by atomic mass is 32.2. The predicted octanol–water partition coefficient (Wildman–Crippen LogP) is 6.43. The predicted molar refractivity (Wildman–Crippen MR) is 178 cm³/mol. The van der Waals surface area contributed by atoms with Crippen molar-refractivity contribution in [3.8, 4) is 17.2 Å². The first-order valence-electron chi connectivity index (χ1n) is 15.3. The smallest absolute Gasteiger partial charge is 0.379 e. The maximum absolute atomic E-state index is 14.0. The van der Waals surface area contributed by atoms with Crippen LogP contribution in [0.5, 0.6) is 0 Å². The van der Waals surface area contributed by atoms with Crippen molar-refractivity contribution < 1.29 is 36.8 Å². The summed E-state index contributed by atoms with van der Waals surface area (Å²) >= 11 is -1.37. The van der Waals surface area contributed by atoms with Gasteiger partial charge in [-0.2, -0.15) is 23.0 Å². The minimum atomic E-state index is -4.85. The van der Waals surface area contributed by atoms with E-state index in [4.69, 9.17) is 0 Å². The number of rotatable bonds is 9. The molecule has 1 aliphatic heterocycles. The van der Waals surface area contributed by atoms with Gasteiger partial charge in [0.2, 0.25) is 4.90 Å². The summed E-state index contributed by atoms with van der Waals surface area (Å²) in [5.41, 5.74) is -1.73. The molecular weight excluding hydrogens is 660 g/mol. The van der Waals surface area contributed by atoms with Crippen molar-refractivity contribution in [3.63, 3.8) is 0 Å². The van der Waals surface area contributed by atoms with E-state index in [0.717, 1.165) is 11.6 Å². The van der Waals surface area contributed by atoms with Crippen molar-refractivity contribution in [2.45, 2.75) is 35.9 Å². The van der Waals surface area contributed by atoms with Crippen LogP contribution in [0.4, 0.5) is 23.2 Å². The first kappa shape index (κ1) is 35.6. The van der Waals surface area contributed by atoms with Gasteiger partial charge in [0.05, 0.1) is 17.2 Å². The van der Waals surface area contributed by atoms with E-state index in [2.05, 4.69) is 10.6 Å². The van der Waals surface area contributed by atoms with E-state index in [1.54, 1.807) is 40.7 Å². The van der Waals surface area contributed by atoms with Gasteiger partial charge in [-0.05, 0) is 77.9 Å². The summed E-state index contributed by atoms with van der Waals surface area (Å²) in [5.74, 6) is -2.30. The molecule has 0 aliphatic carbocycles. The van der Waals surface area contributed by atoms with Crippen molar-refractivity contribution in [1.29, 1.82) is 5.26 Å². The number of hydrogen-bond acceptors (Lipinski definition) is 6. The summed E-state index contributed by atoms with van der Waals surface area (Å²) in [6, 6.07) is 23.8. The number of nitrogens with zero attached hydrogens (tertiary/aromatic N) is 2. The van der Waals surface area contributed by atoms with Crippen LogP contribution >= 0.6 is 0 Å². The number of benzene rings is 4. The van der Waals surface area contributed by atoms with Crippen molar-refractivity contribution in [3.05, 3.63) is 119 Å². The van der Waals surface area contributed by atoms with E-state index >= 15 is 0 Å². The van der Waals surface area contributed by atoms with Crippen LogP contribution in [0.15, 0.2) is 95.9 Å². The fraction of sp³-hybridized carbons (Fsp3) is 0.250. The number of piperidine rings is 1. The lowest BCUT2D eigenvalue weighted by Gasteiger charge is -2.39. The van der Waals surface area contributed by atoms with Gasteiger partial charge >= 0.3 is 6.18 Å². The van der Waals surface area contributed by atoms with Crippen LogP contribution in [-0.2, 0) is 28.8 Å². The van der Waals surface area contributed by atoms with Gasteiger partial charge in [-0.25, -0.2) is 4.39 Å². The van der Waals surface area contributed by atoms with Crippen LogP contribution in [0, 0.1) is 23.1 Å². The Kier molecular flexibility index (Phi) is 10.7. The average Bonchev–Trinajstić information content (AvgIpc) is 3.11. The quantitative estimate of drug-likeness (QED) is 0.118. The topological polar surface area (TPSA) is 126 Å². The molecule has 2 amide bonds. The monoisotopic (exact) mass is 693 g/mol. The lowest BCUT2D eigenvalue weighted by molar-refractivity contribution is -0.142. The van der Waals surface area contributed by atoms with Gasteiger partial charge in [0.15, 0.2) is 0 Å². The highest BCUT2D eigenvalue weighted by molar-refractivity contribution is 7.89. The molecule has 0 aromatic heterocycles. The zero-order chi connectivity index (χ0) is 35.3. The Bertz CT molecular complexity index is 1870. The maximum Gasteiger partial charge on any atom is 0.417 e. The molecule has 0 bridgehead atoms. The maximum atomic E-state index is 14.0.